The first-order chi connectivity index (χ1) is 14.0. The number of nitrogens with zero attached hydrogens (tertiary/aromatic N) is 2. The van der Waals surface area contributed by atoms with Gasteiger partial charge >= 0.3 is 0 Å². The number of nitriles is 1. The third kappa shape index (κ3) is 5.21. The number of aryl methyl sites for hydroxylation is 1. The van der Waals surface area contributed by atoms with E-state index in [0.717, 1.165) is 22.4 Å². The molecule has 0 aromatic heterocycles. The van der Waals surface area contributed by atoms with Crippen molar-refractivity contribution in [2.75, 3.05) is 13.2 Å². The highest BCUT2D eigenvalue weighted by Crippen LogP contribution is 2.21. The van der Waals surface area contributed by atoms with Gasteiger partial charge < -0.3 is 10.1 Å². The molecule has 0 radical (unpaired) electrons. The number of carbonyl (C=O) groups is 2. The molecule has 2 amide bonds. The Morgan fingerprint density at radius 2 is 1.83 bits per heavy atom. The number of rotatable bonds is 8. The molecule has 150 valence electrons. The monoisotopic (exact) mass is 391 g/mol. The average Bonchev–Trinajstić information content (AvgIpc) is 3.05. The predicted molar refractivity (Wildman–Crippen MR) is 109 cm³/mol. The number of carbonyl (C=O) groups excluding carboxylic acids is 2. The SMILES string of the molecule is Cc1cc(CNC(C)c2ccc(C#N)cc2)ccc1OCCN1C(=O)CCC1=O. The molecule has 0 saturated carbocycles. The van der Waals surface area contributed by atoms with Crippen molar-refractivity contribution < 1.29 is 14.3 Å². The second kappa shape index (κ2) is 9.35. The van der Waals surface area contributed by atoms with Crippen LogP contribution in [-0.2, 0) is 16.1 Å². The normalized spacial score (nSPS) is 14.7. The zero-order chi connectivity index (χ0) is 20.8. The molecule has 6 nitrogen and oxygen atoms in total. The van der Waals surface area contributed by atoms with Crippen LogP contribution in [0.15, 0.2) is 42.5 Å². The number of ether oxygens (including phenoxy) is 1. The smallest absolute Gasteiger partial charge is 0.229 e. The van der Waals surface area contributed by atoms with Gasteiger partial charge in [-0.1, -0.05) is 24.3 Å². The van der Waals surface area contributed by atoms with Gasteiger partial charge in [0.05, 0.1) is 18.2 Å². The van der Waals surface area contributed by atoms with E-state index in [1.807, 2.05) is 43.3 Å². The van der Waals surface area contributed by atoms with Crippen molar-refractivity contribution in [3.05, 3.63) is 64.7 Å². The Bertz CT molecular complexity index is 915. The number of likely N-dealkylation sites (tertiary alicyclic amines) is 1. The van der Waals surface area contributed by atoms with E-state index < -0.39 is 0 Å². The highest BCUT2D eigenvalue weighted by Gasteiger charge is 2.28. The first-order valence-corrected chi connectivity index (χ1v) is 9.77. The molecule has 1 atom stereocenters. The average molecular weight is 391 g/mol. The number of hydrogen-bond acceptors (Lipinski definition) is 5. The Hall–Kier alpha value is -3.17. The summed E-state index contributed by atoms with van der Waals surface area (Å²) in [5, 5.41) is 12.4. The lowest BCUT2D eigenvalue weighted by Crippen LogP contribution is -2.33. The molecule has 1 N–H and O–H groups in total. The van der Waals surface area contributed by atoms with Crippen LogP contribution in [0.4, 0.5) is 0 Å². The molecule has 1 saturated heterocycles. The summed E-state index contributed by atoms with van der Waals surface area (Å²) in [6, 6.07) is 15.9. The lowest BCUT2D eigenvalue weighted by Gasteiger charge is -2.17. The number of amides is 2. The first-order valence-electron chi connectivity index (χ1n) is 9.77. The molecule has 2 aromatic carbocycles. The maximum Gasteiger partial charge on any atom is 0.229 e. The van der Waals surface area contributed by atoms with Gasteiger partial charge in [0.2, 0.25) is 11.8 Å². The van der Waals surface area contributed by atoms with Crippen molar-refractivity contribution in [2.45, 2.75) is 39.3 Å². The molecule has 1 fully saturated rings. The van der Waals surface area contributed by atoms with Crippen LogP contribution in [-0.4, -0.2) is 29.9 Å². The first kappa shape index (κ1) is 20.6. The van der Waals surface area contributed by atoms with Gasteiger partial charge in [-0.15, -0.1) is 0 Å². The van der Waals surface area contributed by atoms with Crippen molar-refractivity contribution >= 4 is 11.8 Å². The summed E-state index contributed by atoms with van der Waals surface area (Å²) in [6.45, 7) is 5.37. The number of hydrogen-bond donors (Lipinski definition) is 1. The van der Waals surface area contributed by atoms with E-state index in [0.29, 0.717) is 38.1 Å². The summed E-state index contributed by atoms with van der Waals surface area (Å²) in [7, 11) is 0. The lowest BCUT2D eigenvalue weighted by atomic mass is 10.1. The third-order valence-electron chi connectivity index (χ3n) is 5.12. The zero-order valence-corrected chi connectivity index (χ0v) is 16.8. The van der Waals surface area contributed by atoms with Gasteiger partial charge in [-0.05, 0) is 48.7 Å². The van der Waals surface area contributed by atoms with Crippen LogP contribution < -0.4 is 10.1 Å². The van der Waals surface area contributed by atoms with E-state index >= 15 is 0 Å². The Kier molecular flexibility index (Phi) is 6.63. The predicted octanol–water partition coefficient (Wildman–Crippen LogP) is 3.25. The topological polar surface area (TPSA) is 82.4 Å². The summed E-state index contributed by atoms with van der Waals surface area (Å²) in [5.74, 6) is 0.522. The Morgan fingerprint density at radius 3 is 2.45 bits per heavy atom. The Morgan fingerprint density at radius 1 is 1.14 bits per heavy atom. The summed E-state index contributed by atoms with van der Waals surface area (Å²) in [6.07, 6.45) is 0.612. The summed E-state index contributed by atoms with van der Waals surface area (Å²) >= 11 is 0. The van der Waals surface area contributed by atoms with Crippen LogP contribution >= 0.6 is 0 Å². The molecule has 6 heteroatoms. The van der Waals surface area contributed by atoms with Crippen molar-refractivity contribution in [1.29, 1.82) is 5.26 Å². The number of nitrogens with one attached hydrogen (secondary N) is 1. The van der Waals surface area contributed by atoms with E-state index in [-0.39, 0.29) is 17.9 Å². The molecule has 1 aliphatic rings. The van der Waals surface area contributed by atoms with Gasteiger partial charge in [-0.2, -0.15) is 5.26 Å². The molecule has 0 aliphatic carbocycles. The van der Waals surface area contributed by atoms with Crippen LogP contribution in [0, 0.1) is 18.3 Å². The van der Waals surface area contributed by atoms with Crippen molar-refractivity contribution in [2.24, 2.45) is 0 Å². The Balaban J connectivity index is 1.50. The maximum absolute atomic E-state index is 11.6. The van der Waals surface area contributed by atoms with Crippen molar-refractivity contribution in [3.63, 3.8) is 0 Å². The molecule has 1 unspecified atom stereocenters. The minimum atomic E-state index is -0.117. The van der Waals surface area contributed by atoms with Gasteiger partial charge in [-0.3, -0.25) is 14.5 Å². The lowest BCUT2D eigenvalue weighted by molar-refractivity contribution is -0.138. The Labute approximate surface area is 171 Å². The molecule has 1 aliphatic heterocycles. The van der Waals surface area contributed by atoms with E-state index in [4.69, 9.17) is 10.00 Å². The van der Waals surface area contributed by atoms with Gasteiger partial charge in [0.15, 0.2) is 0 Å². The van der Waals surface area contributed by atoms with E-state index in [1.54, 1.807) is 0 Å². The maximum atomic E-state index is 11.6. The second-order valence-corrected chi connectivity index (χ2v) is 7.22. The summed E-state index contributed by atoms with van der Waals surface area (Å²) in [5.41, 5.74) is 3.94. The van der Waals surface area contributed by atoms with Gasteiger partial charge in [0.1, 0.15) is 12.4 Å². The zero-order valence-electron chi connectivity index (χ0n) is 16.8. The van der Waals surface area contributed by atoms with Crippen LogP contribution in [0.3, 0.4) is 0 Å². The van der Waals surface area contributed by atoms with Gasteiger partial charge in [0.25, 0.3) is 0 Å². The molecule has 3 rings (SSSR count). The standard InChI is InChI=1S/C23H25N3O3/c1-16-13-19(15-25-17(2)20-6-3-18(14-24)4-7-20)5-8-21(16)29-12-11-26-22(27)9-10-23(26)28/h3-8,13,17,25H,9-12,15H2,1-2H3. The molecule has 1 heterocycles. The van der Waals surface area contributed by atoms with Crippen LogP contribution in [0.1, 0.15) is 48.1 Å². The van der Waals surface area contributed by atoms with Crippen molar-refractivity contribution in [1.82, 2.24) is 10.2 Å². The quantitative estimate of drug-likeness (QED) is 0.699. The highest BCUT2D eigenvalue weighted by molar-refractivity contribution is 6.01. The van der Waals surface area contributed by atoms with E-state index in [9.17, 15) is 9.59 Å². The highest BCUT2D eigenvalue weighted by atomic mass is 16.5. The molecule has 0 spiro atoms. The molecule has 29 heavy (non-hydrogen) atoms. The minimum absolute atomic E-state index is 0.117. The second-order valence-electron chi connectivity index (χ2n) is 7.22. The van der Waals surface area contributed by atoms with E-state index in [2.05, 4.69) is 24.4 Å². The van der Waals surface area contributed by atoms with Crippen LogP contribution in [0.25, 0.3) is 0 Å². The van der Waals surface area contributed by atoms with Gasteiger partial charge in [0, 0.05) is 25.4 Å². The van der Waals surface area contributed by atoms with Crippen molar-refractivity contribution in [3.8, 4) is 11.8 Å². The molecular formula is C23H25N3O3. The van der Waals surface area contributed by atoms with Crippen LogP contribution in [0.5, 0.6) is 5.75 Å². The van der Waals surface area contributed by atoms with E-state index in [1.165, 1.54) is 4.90 Å². The fourth-order valence-corrected chi connectivity index (χ4v) is 3.34. The number of benzene rings is 2. The third-order valence-corrected chi connectivity index (χ3v) is 5.12. The number of imide groups is 1. The molecular weight excluding hydrogens is 366 g/mol. The summed E-state index contributed by atoms with van der Waals surface area (Å²) in [4.78, 5) is 24.5. The van der Waals surface area contributed by atoms with Gasteiger partial charge in [-0.25, -0.2) is 0 Å². The minimum Gasteiger partial charge on any atom is -0.491 e. The summed E-state index contributed by atoms with van der Waals surface area (Å²) < 4.78 is 5.77. The fraction of sp³-hybridized carbons (Fsp3) is 0.348. The molecule has 2 aromatic rings. The van der Waals surface area contributed by atoms with Crippen LogP contribution in [0.2, 0.25) is 0 Å². The molecule has 0 bridgehead atoms. The largest absolute Gasteiger partial charge is 0.491 e. The fourth-order valence-electron chi connectivity index (χ4n) is 3.34.